The first-order chi connectivity index (χ1) is 12.7. The Morgan fingerprint density at radius 3 is 2.33 bits per heavy atom. The van der Waals surface area contributed by atoms with E-state index < -0.39 is 17.5 Å². The van der Waals surface area contributed by atoms with Gasteiger partial charge in [-0.3, -0.25) is 14.5 Å². The summed E-state index contributed by atoms with van der Waals surface area (Å²) in [5.74, 6) is -0.0457. The topological polar surface area (TPSA) is 79.0 Å². The SMILES string of the molecule is C=C(C)COc1ccc(C2(C)NC(=O)N(CC(=O)N(CC)CC)C2=O)cc1. The van der Waals surface area contributed by atoms with Crippen molar-refractivity contribution in [3.05, 3.63) is 42.0 Å². The predicted molar refractivity (Wildman–Crippen MR) is 102 cm³/mol. The molecule has 1 atom stereocenters. The number of hydrogen-bond acceptors (Lipinski definition) is 4. The van der Waals surface area contributed by atoms with E-state index in [1.54, 1.807) is 36.1 Å². The molecule has 1 saturated heterocycles. The molecule has 146 valence electrons. The van der Waals surface area contributed by atoms with E-state index in [4.69, 9.17) is 4.74 Å². The molecule has 0 bridgehead atoms. The summed E-state index contributed by atoms with van der Waals surface area (Å²) < 4.78 is 5.56. The summed E-state index contributed by atoms with van der Waals surface area (Å²) in [5, 5.41) is 2.71. The Morgan fingerprint density at radius 1 is 1.22 bits per heavy atom. The molecule has 1 unspecified atom stereocenters. The van der Waals surface area contributed by atoms with Crippen molar-refractivity contribution < 1.29 is 19.1 Å². The largest absolute Gasteiger partial charge is 0.489 e. The van der Waals surface area contributed by atoms with Crippen LogP contribution in [0.15, 0.2) is 36.4 Å². The molecule has 27 heavy (non-hydrogen) atoms. The van der Waals surface area contributed by atoms with Crippen LogP contribution in [0, 0.1) is 0 Å². The van der Waals surface area contributed by atoms with Crippen molar-refractivity contribution in [2.75, 3.05) is 26.2 Å². The molecule has 0 spiro atoms. The van der Waals surface area contributed by atoms with Gasteiger partial charge < -0.3 is 15.0 Å². The lowest BCUT2D eigenvalue weighted by molar-refractivity contribution is -0.138. The lowest BCUT2D eigenvalue weighted by Gasteiger charge is -2.24. The van der Waals surface area contributed by atoms with E-state index in [1.807, 2.05) is 20.8 Å². The Morgan fingerprint density at radius 2 is 1.81 bits per heavy atom. The highest BCUT2D eigenvalue weighted by atomic mass is 16.5. The minimum absolute atomic E-state index is 0.253. The molecule has 0 aliphatic carbocycles. The van der Waals surface area contributed by atoms with Gasteiger partial charge in [0.15, 0.2) is 0 Å². The number of carbonyl (C=O) groups excluding carboxylic acids is 3. The maximum atomic E-state index is 12.9. The van der Waals surface area contributed by atoms with Gasteiger partial charge in [-0.15, -0.1) is 0 Å². The normalized spacial score (nSPS) is 19.0. The lowest BCUT2D eigenvalue weighted by Crippen LogP contribution is -2.44. The van der Waals surface area contributed by atoms with Crippen LogP contribution in [0.2, 0.25) is 0 Å². The van der Waals surface area contributed by atoms with Gasteiger partial charge in [-0.1, -0.05) is 18.7 Å². The van der Waals surface area contributed by atoms with Crippen molar-refractivity contribution in [3.8, 4) is 5.75 Å². The minimum atomic E-state index is -1.21. The molecule has 1 N–H and O–H groups in total. The average molecular weight is 373 g/mol. The molecule has 2 rings (SSSR count). The van der Waals surface area contributed by atoms with E-state index in [1.165, 1.54) is 0 Å². The van der Waals surface area contributed by atoms with E-state index in [0.717, 1.165) is 10.5 Å². The van der Waals surface area contributed by atoms with E-state index >= 15 is 0 Å². The fourth-order valence-corrected chi connectivity index (χ4v) is 2.94. The second-order valence-electron chi connectivity index (χ2n) is 6.78. The molecule has 0 radical (unpaired) electrons. The zero-order chi connectivity index (χ0) is 20.2. The zero-order valence-corrected chi connectivity index (χ0v) is 16.4. The van der Waals surface area contributed by atoms with Gasteiger partial charge in [0.25, 0.3) is 5.91 Å². The summed E-state index contributed by atoms with van der Waals surface area (Å²) >= 11 is 0. The molecule has 7 heteroatoms. The van der Waals surface area contributed by atoms with E-state index in [0.29, 0.717) is 31.0 Å². The van der Waals surface area contributed by atoms with Gasteiger partial charge >= 0.3 is 6.03 Å². The third-order valence-corrected chi connectivity index (χ3v) is 4.60. The molecule has 0 saturated carbocycles. The fraction of sp³-hybridized carbons (Fsp3) is 0.450. The molecule has 4 amide bonds. The van der Waals surface area contributed by atoms with Crippen molar-refractivity contribution in [1.29, 1.82) is 0 Å². The number of imide groups is 1. The molecule has 0 aromatic heterocycles. The first-order valence-corrected chi connectivity index (χ1v) is 9.02. The van der Waals surface area contributed by atoms with Crippen molar-refractivity contribution in [3.63, 3.8) is 0 Å². The molecular weight excluding hydrogens is 346 g/mol. The Bertz CT molecular complexity index is 740. The summed E-state index contributed by atoms with van der Waals surface area (Å²) in [7, 11) is 0. The Balaban J connectivity index is 2.16. The van der Waals surface area contributed by atoms with Crippen LogP contribution in [-0.4, -0.2) is 53.9 Å². The number of likely N-dealkylation sites (N-methyl/N-ethyl adjacent to an activating group) is 1. The van der Waals surface area contributed by atoms with Gasteiger partial charge in [0.05, 0.1) is 0 Å². The van der Waals surface area contributed by atoms with Crippen molar-refractivity contribution in [2.45, 2.75) is 33.2 Å². The van der Waals surface area contributed by atoms with Crippen LogP contribution >= 0.6 is 0 Å². The molecular formula is C20H27N3O4. The van der Waals surface area contributed by atoms with Crippen LogP contribution in [0.3, 0.4) is 0 Å². The van der Waals surface area contributed by atoms with Crippen LogP contribution in [-0.2, 0) is 15.1 Å². The Kier molecular flexibility index (Phi) is 6.25. The number of rotatable bonds is 8. The summed E-state index contributed by atoms with van der Waals surface area (Å²) in [6, 6.07) is 6.40. The average Bonchev–Trinajstić information content (AvgIpc) is 2.85. The van der Waals surface area contributed by atoms with Gasteiger partial charge in [-0.25, -0.2) is 4.79 Å². The third kappa shape index (κ3) is 4.30. The zero-order valence-electron chi connectivity index (χ0n) is 16.4. The number of ether oxygens (including phenoxy) is 1. The van der Waals surface area contributed by atoms with Gasteiger partial charge in [0, 0.05) is 13.1 Å². The fourth-order valence-electron chi connectivity index (χ4n) is 2.94. The molecule has 1 heterocycles. The smallest absolute Gasteiger partial charge is 0.325 e. The highest BCUT2D eigenvalue weighted by Crippen LogP contribution is 2.30. The van der Waals surface area contributed by atoms with Gasteiger partial charge in [0.1, 0.15) is 24.4 Å². The maximum absolute atomic E-state index is 12.9. The van der Waals surface area contributed by atoms with Crippen molar-refractivity contribution in [2.24, 2.45) is 0 Å². The number of benzene rings is 1. The van der Waals surface area contributed by atoms with E-state index in [2.05, 4.69) is 11.9 Å². The number of nitrogens with zero attached hydrogens (tertiary/aromatic N) is 2. The van der Waals surface area contributed by atoms with Gasteiger partial charge in [0.2, 0.25) is 5.91 Å². The molecule has 1 aliphatic rings. The van der Waals surface area contributed by atoms with Crippen molar-refractivity contribution >= 4 is 17.8 Å². The number of carbonyl (C=O) groups is 3. The molecule has 1 aliphatic heterocycles. The van der Waals surface area contributed by atoms with Crippen LogP contribution in [0.4, 0.5) is 4.79 Å². The monoisotopic (exact) mass is 373 g/mol. The highest BCUT2D eigenvalue weighted by molar-refractivity contribution is 6.09. The third-order valence-electron chi connectivity index (χ3n) is 4.60. The van der Waals surface area contributed by atoms with Crippen molar-refractivity contribution in [1.82, 2.24) is 15.1 Å². The van der Waals surface area contributed by atoms with Crippen LogP contribution in [0.1, 0.15) is 33.3 Å². The van der Waals surface area contributed by atoms with Crippen LogP contribution in [0.5, 0.6) is 5.75 Å². The number of nitrogens with one attached hydrogen (secondary N) is 1. The highest BCUT2D eigenvalue weighted by Gasteiger charge is 2.49. The maximum Gasteiger partial charge on any atom is 0.325 e. The molecule has 1 aromatic rings. The number of amides is 4. The van der Waals surface area contributed by atoms with E-state index in [9.17, 15) is 14.4 Å². The second kappa shape index (κ2) is 8.24. The Labute approximate surface area is 160 Å². The standard InChI is InChI=1S/C20H27N3O4/c1-6-22(7-2)17(24)12-23-18(25)20(5,21-19(23)26)15-8-10-16(11-9-15)27-13-14(3)4/h8-11H,3,6-7,12-13H2,1-2,4-5H3,(H,21,26). The first-order valence-electron chi connectivity index (χ1n) is 9.02. The van der Waals surface area contributed by atoms with E-state index in [-0.39, 0.29) is 12.5 Å². The predicted octanol–water partition coefficient (Wildman–Crippen LogP) is 2.28. The number of hydrogen-bond donors (Lipinski definition) is 1. The van der Waals surface area contributed by atoms with Gasteiger partial charge in [-0.2, -0.15) is 0 Å². The Hall–Kier alpha value is -2.83. The minimum Gasteiger partial charge on any atom is -0.489 e. The summed E-state index contributed by atoms with van der Waals surface area (Å²) in [5.41, 5.74) is 0.312. The summed E-state index contributed by atoms with van der Waals surface area (Å²) in [4.78, 5) is 40.1. The first kappa shape index (κ1) is 20.5. The molecule has 1 fully saturated rings. The van der Waals surface area contributed by atoms with Crippen LogP contribution in [0.25, 0.3) is 0 Å². The molecule has 1 aromatic carbocycles. The summed E-state index contributed by atoms with van der Waals surface area (Å²) in [6.07, 6.45) is 0. The second-order valence-corrected chi connectivity index (χ2v) is 6.78. The molecule has 7 nitrogen and oxygen atoms in total. The lowest BCUT2D eigenvalue weighted by atomic mass is 9.92. The van der Waals surface area contributed by atoms with Crippen LogP contribution < -0.4 is 10.1 Å². The van der Waals surface area contributed by atoms with Gasteiger partial charge in [-0.05, 0) is 51.0 Å². The number of urea groups is 1. The quantitative estimate of drug-likeness (QED) is 0.560. The summed E-state index contributed by atoms with van der Waals surface area (Å²) in [6.45, 7) is 12.2.